The van der Waals surface area contributed by atoms with Gasteiger partial charge in [0.05, 0.1) is 0 Å². The minimum atomic E-state index is -4.42. The third-order valence-corrected chi connectivity index (χ3v) is 5.73. The Labute approximate surface area is 149 Å². The quantitative estimate of drug-likeness (QED) is 0.815. The van der Waals surface area contributed by atoms with E-state index >= 15 is 0 Å². The van der Waals surface area contributed by atoms with Crippen LogP contribution in [0.5, 0.6) is 0 Å². The summed E-state index contributed by atoms with van der Waals surface area (Å²) in [6.45, 7) is 2.94. The van der Waals surface area contributed by atoms with Crippen molar-refractivity contribution in [2.45, 2.75) is 25.4 Å². The van der Waals surface area contributed by atoms with E-state index in [1.807, 2.05) is 21.6 Å². The minimum absolute atomic E-state index is 0.218. The van der Waals surface area contributed by atoms with Gasteiger partial charge in [-0.2, -0.15) is 24.9 Å². The molecular weight excluding hydrogens is 351 g/mol. The van der Waals surface area contributed by atoms with Crippen LogP contribution in [0.4, 0.5) is 19.0 Å². The van der Waals surface area contributed by atoms with Gasteiger partial charge in [-0.3, -0.25) is 4.79 Å². The highest BCUT2D eigenvalue weighted by Gasteiger charge is 2.33. The fourth-order valence-electron chi connectivity index (χ4n) is 3.31. The smallest absolute Gasteiger partial charge is 0.357 e. The van der Waals surface area contributed by atoms with Crippen LogP contribution in [0.3, 0.4) is 0 Å². The molecule has 2 aliphatic heterocycles. The van der Waals surface area contributed by atoms with E-state index in [4.69, 9.17) is 0 Å². The molecule has 1 amide bonds. The number of carbonyl (C=O) groups is 1. The zero-order valence-corrected chi connectivity index (χ0v) is 14.8. The highest BCUT2D eigenvalue weighted by Crippen LogP contribution is 2.30. The molecule has 138 valence electrons. The predicted octanol–water partition coefficient (Wildman–Crippen LogP) is 3.28. The highest BCUT2D eigenvalue weighted by atomic mass is 32.2. The molecule has 0 unspecified atom stereocenters. The van der Waals surface area contributed by atoms with Crippen LogP contribution < -0.4 is 4.90 Å². The SMILES string of the molecule is O=C(CC1CCN(c2cccc(C(F)(F)F)n2)CC1)N1CCSCC1. The standard InChI is InChI=1S/C17H22F3N3OS/c18-17(19,20)14-2-1-3-15(21-14)22-6-4-13(5-7-22)12-16(24)23-8-10-25-11-9-23/h1-3,13H,4-12H2. The molecule has 25 heavy (non-hydrogen) atoms. The Balaban J connectivity index is 1.52. The van der Waals surface area contributed by atoms with E-state index in [9.17, 15) is 18.0 Å². The number of anilines is 1. The Hall–Kier alpha value is -1.44. The van der Waals surface area contributed by atoms with Crippen LogP contribution in [0.2, 0.25) is 0 Å². The number of alkyl halides is 3. The first-order valence-electron chi connectivity index (χ1n) is 8.58. The molecule has 1 aromatic rings. The number of hydrogen-bond donors (Lipinski definition) is 0. The third kappa shape index (κ3) is 4.80. The van der Waals surface area contributed by atoms with Crippen molar-refractivity contribution in [3.8, 4) is 0 Å². The molecule has 3 heterocycles. The largest absolute Gasteiger partial charge is 0.433 e. The van der Waals surface area contributed by atoms with Crippen molar-refractivity contribution in [3.63, 3.8) is 0 Å². The molecule has 2 fully saturated rings. The summed E-state index contributed by atoms with van der Waals surface area (Å²) in [6, 6.07) is 4.01. The Morgan fingerprint density at radius 2 is 1.84 bits per heavy atom. The molecule has 0 atom stereocenters. The van der Waals surface area contributed by atoms with Gasteiger partial charge in [0.15, 0.2) is 0 Å². The molecule has 0 aliphatic carbocycles. The predicted molar refractivity (Wildman–Crippen MR) is 92.7 cm³/mol. The first-order chi connectivity index (χ1) is 11.9. The second-order valence-electron chi connectivity index (χ2n) is 6.51. The highest BCUT2D eigenvalue weighted by molar-refractivity contribution is 7.99. The van der Waals surface area contributed by atoms with Crippen molar-refractivity contribution in [1.82, 2.24) is 9.88 Å². The zero-order chi connectivity index (χ0) is 17.9. The zero-order valence-electron chi connectivity index (χ0n) is 14.0. The number of aromatic nitrogens is 1. The van der Waals surface area contributed by atoms with Crippen molar-refractivity contribution < 1.29 is 18.0 Å². The van der Waals surface area contributed by atoms with Crippen LogP contribution in [-0.2, 0) is 11.0 Å². The van der Waals surface area contributed by atoms with Crippen LogP contribution in [0.1, 0.15) is 25.0 Å². The summed E-state index contributed by atoms with van der Waals surface area (Å²) in [4.78, 5) is 19.9. The molecule has 0 aromatic carbocycles. The molecule has 2 aliphatic rings. The first-order valence-corrected chi connectivity index (χ1v) is 9.73. The number of carbonyl (C=O) groups excluding carboxylic acids is 1. The molecule has 0 N–H and O–H groups in total. The van der Waals surface area contributed by atoms with Crippen LogP contribution in [0.15, 0.2) is 18.2 Å². The van der Waals surface area contributed by atoms with Gasteiger partial charge in [0.2, 0.25) is 5.91 Å². The maximum absolute atomic E-state index is 12.8. The van der Waals surface area contributed by atoms with E-state index in [2.05, 4.69) is 4.98 Å². The number of nitrogens with zero attached hydrogens (tertiary/aromatic N) is 3. The van der Waals surface area contributed by atoms with Crippen molar-refractivity contribution in [2.75, 3.05) is 42.6 Å². The summed E-state index contributed by atoms with van der Waals surface area (Å²) in [7, 11) is 0. The summed E-state index contributed by atoms with van der Waals surface area (Å²) >= 11 is 1.88. The Morgan fingerprint density at radius 1 is 1.16 bits per heavy atom. The number of thioether (sulfide) groups is 1. The van der Waals surface area contributed by atoms with E-state index in [1.165, 1.54) is 6.07 Å². The van der Waals surface area contributed by atoms with E-state index in [0.717, 1.165) is 43.5 Å². The molecule has 0 saturated carbocycles. The topological polar surface area (TPSA) is 36.4 Å². The minimum Gasteiger partial charge on any atom is -0.357 e. The fourth-order valence-corrected chi connectivity index (χ4v) is 4.22. The van der Waals surface area contributed by atoms with E-state index in [0.29, 0.717) is 31.2 Å². The lowest BCUT2D eigenvalue weighted by atomic mass is 9.93. The monoisotopic (exact) mass is 373 g/mol. The molecule has 8 heteroatoms. The van der Waals surface area contributed by atoms with E-state index in [1.54, 1.807) is 6.07 Å². The van der Waals surface area contributed by atoms with E-state index in [-0.39, 0.29) is 5.91 Å². The molecule has 3 rings (SSSR count). The number of pyridine rings is 1. The van der Waals surface area contributed by atoms with Crippen LogP contribution in [0, 0.1) is 5.92 Å². The average molecular weight is 373 g/mol. The molecular formula is C17H22F3N3OS. The Bertz CT molecular complexity index is 597. The maximum atomic E-state index is 12.8. The lowest BCUT2D eigenvalue weighted by Gasteiger charge is -2.34. The second kappa shape index (κ2) is 7.85. The number of halogens is 3. The number of piperidine rings is 1. The number of rotatable bonds is 3. The fraction of sp³-hybridized carbons (Fsp3) is 0.647. The summed E-state index contributed by atoms with van der Waals surface area (Å²) < 4.78 is 38.4. The van der Waals surface area contributed by atoms with Gasteiger partial charge >= 0.3 is 6.18 Å². The van der Waals surface area contributed by atoms with Crippen LogP contribution in [-0.4, -0.2) is 53.5 Å². The summed E-state index contributed by atoms with van der Waals surface area (Å²) in [5.41, 5.74) is -0.856. The van der Waals surface area contributed by atoms with Crippen molar-refractivity contribution in [3.05, 3.63) is 23.9 Å². The normalized spacial score (nSPS) is 20.0. The molecule has 1 aromatic heterocycles. The van der Waals surface area contributed by atoms with Crippen LogP contribution in [0.25, 0.3) is 0 Å². The van der Waals surface area contributed by atoms with Crippen molar-refractivity contribution in [2.24, 2.45) is 5.92 Å². The van der Waals surface area contributed by atoms with Gasteiger partial charge < -0.3 is 9.80 Å². The Kier molecular flexibility index (Phi) is 5.76. The van der Waals surface area contributed by atoms with Gasteiger partial charge in [-0.25, -0.2) is 4.98 Å². The van der Waals surface area contributed by atoms with Crippen LogP contribution >= 0.6 is 11.8 Å². The van der Waals surface area contributed by atoms with Gasteiger partial charge in [0, 0.05) is 44.1 Å². The molecule has 4 nitrogen and oxygen atoms in total. The lowest BCUT2D eigenvalue weighted by molar-refractivity contribution is -0.141. The average Bonchev–Trinajstić information content (AvgIpc) is 2.62. The first kappa shape index (κ1) is 18.4. The van der Waals surface area contributed by atoms with Crippen molar-refractivity contribution in [1.29, 1.82) is 0 Å². The molecule has 0 radical (unpaired) electrons. The molecule has 2 saturated heterocycles. The molecule has 0 spiro atoms. The van der Waals surface area contributed by atoms with Gasteiger partial charge in [-0.05, 0) is 30.9 Å². The van der Waals surface area contributed by atoms with Gasteiger partial charge in [0.25, 0.3) is 0 Å². The van der Waals surface area contributed by atoms with Gasteiger partial charge in [-0.1, -0.05) is 6.07 Å². The second-order valence-corrected chi connectivity index (χ2v) is 7.73. The van der Waals surface area contributed by atoms with Crippen molar-refractivity contribution >= 4 is 23.5 Å². The third-order valence-electron chi connectivity index (χ3n) is 4.79. The summed E-state index contributed by atoms with van der Waals surface area (Å²) in [6.07, 6.45) is -2.25. The molecule has 0 bridgehead atoms. The maximum Gasteiger partial charge on any atom is 0.433 e. The van der Waals surface area contributed by atoms with Gasteiger partial charge in [0.1, 0.15) is 11.5 Å². The van der Waals surface area contributed by atoms with E-state index < -0.39 is 11.9 Å². The summed E-state index contributed by atoms with van der Waals surface area (Å²) in [5, 5.41) is 0. The summed E-state index contributed by atoms with van der Waals surface area (Å²) in [5.74, 6) is 2.91. The number of hydrogen-bond acceptors (Lipinski definition) is 4. The lowest BCUT2D eigenvalue weighted by Crippen LogP contribution is -2.40. The van der Waals surface area contributed by atoms with Gasteiger partial charge in [-0.15, -0.1) is 0 Å². The Morgan fingerprint density at radius 3 is 2.48 bits per heavy atom. The number of amides is 1.